The summed E-state index contributed by atoms with van der Waals surface area (Å²) in [6.07, 6.45) is 4.05. The van der Waals surface area contributed by atoms with Gasteiger partial charge in [-0.2, -0.15) is 0 Å². The summed E-state index contributed by atoms with van der Waals surface area (Å²) in [4.78, 5) is 8.95. The highest BCUT2D eigenvalue weighted by atomic mass is 35.5. The van der Waals surface area contributed by atoms with Gasteiger partial charge in [-0.3, -0.25) is 0 Å². The van der Waals surface area contributed by atoms with Gasteiger partial charge in [0, 0.05) is 50.3 Å². The van der Waals surface area contributed by atoms with Gasteiger partial charge in [-0.15, -0.1) is 0 Å². The highest BCUT2D eigenvalue weighted by Crippen LogP contribution is 2.35. The van der Waals surface area contributed by atoms with Crippen molar-refractivity contribution < 1.29 is 9.47 Å². The Morgan fingerprint density at radius 1 is 1.13 bits per heavy atom. The zero-order valence-electron chi connectivity index (χ0n) is 18.4. The van der Waals surface area contributed by atoms with E-state index >= 15 is 0 Å². The summed E-state index contributed by atoms with van der Waals surface area (Å²) in [6.45, 7) is 10.9. The summed E-state index contributed by atoms with van der Waals surface area (Å²) in [7, 11) is 1.62. The molecule has 3 heterocycles. The number of hydrogen-bond donors (Lipinski definition) is 0. The lowest BCUT2D eigenvalue weighted by Crippen LogP contribution is -2.44. The largest absolute Gasteiger partial charge is 0.490 e. The normalized spacial score (nSPS) is 23.5. The van der Waals surface area contributed by atoms with Crippen LogP contribution in [0.1, 0.15) is 33.6 Å². The van der Waals surface area contributed by atoms with Gasteiger partial charge < -0.3 is 19.3 Å². The molecule has 0 radical (unpaired) electrons. The first kappa shape index (κ1) is 21.1. The number of hydrogen-bond acceptors (Lipinski definition) is 5. The molecule has 2 unspecified atom stereocenters. The van der Waals surface area contributed by atoms with Gasteiger partial charge >= 0.3 is 0 Å². The maximum atomic E-state index is 6.39. The molecule has 1 aromatic heterocycles. The predicted molar refractivity (Wildman–Crippen MR) is 123 cm³/mol. The first-order chi connectivity index (χ1) is 14.3. The molecular weight excluding hydrogens is 398 g/mol. The third-order valence-corrected chi connectivity index (χ3v) is 6.64. The van der Waals surface area contributed by atoms with Crippen LogP contribution in [-0.2, 0) is 0 Å². The Morgan fingerprint density at radius 3 is 2.53 bits per heavy atom. The number of benzene rings is 1. The molecule has 0 bridgehead atoms. The molecule has 0 saturated carbocycles. The average molecular weight is 430 g/mol. The first-order valence-corrected chi connectivity index (χ1v) is 11.2. The van der Waals surface area contributed by atoms with Crippen LogP contribution in [0.4, 0.5) is 11.4 Å². The average Bonchev–Trinajstić information content (AvgIpc) is 3.10. The quantitative estimate of drug-likeness (QED) is 0.646. The Kier molecular flexibility index (Phi) is 6.01. The van der Waals surface area contributed by atoms with Crippen molar-refractivity contribution in [2.75, 3.05) is 43.1 Å². The van der Waals surface area contributed by atoms with Gasteiger partial charge in [0.2, 0.25) is 5.88 Å². The maximum absolute atomic E-state index is 6.39. The minimum absolute atomic E-state index is 0.195. The Morgan fingerprint density at radius 2 is 1.90 bits per heavy atom. The van der Waals surface area contributed by atoms with Crippen molar-refractivity contribution in [1.29, 1.82) is 0 Å². The van der Waals surface area contributed by atoms with Crippen molar-refractivity contribution in [1.82, 2.24) is 4.98 Å². The Hall–Kier alpha value is -2.14. The summed E-state index contributed by atoms with van der Waals surface area (Å²) in [6, 6.07) is 10.5. The van der Waals surface area contributed by atoms with Crippen LogP contribution in [0.3, 0.4) is 0 Å². The highest BCUT2D eigenvalue weighted by molar-refractivity contribution is 6.33. The van der Waals surface area contributed by atoms with E-state index in [-0.39, 0.29) is 6.10 Å². The van der Waals surface area contributed by atoms with Crippen molar-refractivity contribution in [2.24, 2.45) is 11.3 Å². The molecule has 5 nitrogen and oxygen atoms in total. The third-order valence-electron chi connectivity index (χ3n) is 6.35. The van der Waals surface area contributed by atoms with Gasteiger partial charge in [-0.1, -0.05) is 32.4 Å². The van der Waals surface area contributed by atoms with E-state index in [0.717, 1.165) is 44.0 Å². The fourth-order valence-electron chi connectivity index (χ4n) is 4.52. The van der Waals surface area contributed by atoms with E-state index in [1.165, 1.54) is 12.1 Å². The van der Waals surface area contributed by atoms with Crippen LogP contribution < -0.4 is 19.3 Å². The van der Waals surface area contributed by atoms with E-state index in [0.29, 0.717) is 22.2 Å². The minimum atomic E-state index is 0.195. The summed E-state index contributed by atoms with van der Waals surface area (Å²) >= 11 is 6.39. The van der Waals surface area contributed by atoms with E-state index in [2.05, 4.69) is 59.8 Å². The summed E-state index contributed by atoms with van der Waals surface area (Å²) in [5.41, 5.74) is 2.67. The molecule has 2 aromatic rings. The summed E-state index contributed by atoms with van der Waals surface area (Å²) in [5.74, 6) is 1.92. The van der Waals surface area contributed by atoms with Crippen molar-refractivity contribution >= 4 is 23.0 Å². The lowest BCUT2D eigenvalue weighted by molar-refractivity contribution is 0.121. The molecule has 2 aliphatic rings. The fraction of sp³-hybridized carbons (Fsp3) is 0.542. The van der Waals surface area contributed by atoms with Crippen LogP contribution >= 0.6 is 11.6 Å². The standard InChI is InChI=1S/C24H32ClN3O2/c1-17-15-27(21-13-23(29-4)26-14-20(21)25)11-9-22(17)30-19-7-5-18(6-8-19)28-12-10-24(2,3)16-28/h5-8,13-14,17,22H,9-12,15-16H2,1-4H3. The molecule has 6 heteroatoms. The number of pyridine rings is 1. The molecule has 2 aliphatic heterocycles. The van der Waals surface area contributed by atoms with Gasteiger partial charge in [0.25, 0.3) is 0 Å². The Bertz CT molecular complexity index is 871. The maximum Gasteiger partial charge on any atom is 0.215 e. The van der Waals surface area contributed by atoms with Crippen molar-refractivity contribution in [3.05, 3.63) is 41.6 Å². The van der Waals surface area contributed by atoms with Crippen molar-refractivity contribution in [3.63, 3.8) is 0 Å². The van der Waals surface area contributed by atoms with Crippen LogP contribution in [0.2, 0.25) is 5.02 Å². The molecule has 0 aliphatic carbocycles. The summed E-state index contributed by atoms with van der Waals surface area (Å²) in [5, 5.41) is 0.656. The molecule has 0 spiro atoms. The van der Waals surface area contributed by atoms with Gasteiger partial charge in [0.1, 0.15) is 11.9 Å². The number of anilines is 2. The predicted octanol–water partition coefficient (Wildman–Crippen LogP) is 5.27. The second-order valence-corrected chi connectivity index (χ2v) is 9.78. The minimum Gasteiger partial charge on any atom is -0.490 e. The second-order valence-electron chi connectivity index (χ2n) is 9.38. The first-order valence-electron chi connectivity index (χ1n) is 10.8. The number of aromatic nitrogens is 1. The molecule has 2 fully saturated rings. The monoisotopic (exact) mass is 429 g/mol. The molecule has 1 aromatic carbocycles. The molecule has 0 N–H and O–H groups in total. The Balaban J connectivity index is 1.37. The topological polar surface area (TPSA) is 37.8 Å². The zero-order valence-corrected chi connectivity index (χ0v) is 19.2. The van der Waals surface area contributed by atoms with Crippen LogP contribution in [0, 0.1) is 11.3 Å². The second kappa shape index (κ2) is 8.54. The van der Waals surface area contributed by atoms with Gasteiger partial charge in [-0.05, 0) is 36.1 Å². The van der Waals surface area contributed by atoms with E-state index in [1.807, 2.05) is 6.07 Å². The molecule has 2 atom stereocenters. The third kappa shape index (κ3) is 4.61. The van der Waals surface area contributed by atoms with Crippen LogP contribution in [0.15, 0.2) is 36.5 Å². The van der Waals surface area contributed by atoms with E-state index in [9.17, 15) is 0 Å². The van der Waals surface area contributed by atoms with Crippen molar-refractivity contribution in [3.8, 4) is 11.6 Å². The number of methoxy groups -OCH3 is 1. The fourth-order valence-corrected chi connectivity index (χ4v) is 4.75. The number of halogens is 1. The van der Waals surface area contributed by atoms with Gasteiger partial charge in [0.15, 0.2) is 0 Å². The highest BCUT2D eigenvalue weighted by Gasteiger charge is 2.30. The van der Waals surface area contributed by atoms with Crippen LogP contribution in [-0.4, -0.2) is 44.4 Å². The number of ether oxygens (including phenoxy) is 2. The summed E-state index contributed by atoms with van der Waals surface area (Å²) < 4.78 is 11.6. The SMILES string of the molecule is COc1cc(N2CCC(Oc3ccc(N4CCC(C)(C)C4)cc3)C(C)C2)c(Cl)cn1. The lowest BCUT2D eigenvalue weighted by Gasteiger charge is -2.38. The van der Waals surface area contributed by atoms with E-state index in [1.54, 1.807) is 13.3 Å². The molecule has 2 saturated heterocycles. The molecular formula is C24H32ClN3O2. The van der Waals surface area contributed by atoms with Gasteiger partial charge in [-0.25, -0.2) is 4.98 Å². The van der Waals surface area contributed by atoms with Crippen LogP contribution in [0.25, 0.3) is 0 Å². The van der Waals surface area contributed by atoms with Crippen LogP contribution in [0.5, 0.6) is 11.6 Å². The van der Waals surface area contributed by atoms with E-state index in [4.69, 9.17) is 21.1 Å². The van der Waals surface area contributed by atoms with Crippen molar-refractivity contribution in [2.45, 2.75) is 39.7 Å². The molecule has 162 valence electrons. The zero-order chi connectivity index (χ0) is 21.3. The number of piperidine rings is 1. The number of rotatable bonds is 5. The molecule has 30 heavy (non-hydrogen) atoms. The number of nitrogens with zero attached hydrogens (tertiary/aromatic N) is 3. The lowest BCUT2D eigenvalue weighted by atomic mass is 9.93. The van der Waals surface area contributed by atoms with Gasteiger partial charge in [0.05, 0.1) is 24.0 Å². The smallest absolute Gasteiger partial charge is 0.215 e. The molecule has 4 rings (SSSR count). The Labute approximate surface area is 184 Å². The van der Waals surface area contributed by atoms with E-state index < -0.39 is 0 Å². The molecule has 0 amide bonds.